The molecule has 8 rings (SSSR count). The van der Waals surface area contributed by atoms with Gasteiger partial charge in [-0.05, 0) is 57.9 Å². The summed E-state index contributed by atoms with van der Waals surface area (Å²) < 4.78 is 46.5. The smallest absolute Gasteiger partial charge is 0.145 e. The summed E-state index contributed by atoms with van der Waals surface area (Å²) in [6.45, 7) is 5.07. The maximum Gasteiger partial charge on any atom is 0.145 e. The second-order valence-corrected chi connectivity index (χ2v) is 11.1. The predicted molar refractivity (Wildman–Crippen MR) is 152 cm³/mol. The highest BCUT2D eigenvalue weighted by molar-refractivity contribution is 5.93. The average Bonchev–Trinajstić information content (AvgIpc) is 3.82. The number of ether oxygens (including phenoxy) is 8. The lowest BCUT2D eigenvalue weighted by atomic mass is 9.93. The first-order chi connectivity index (χ1) is 20.2. The van der Waals surface area contributed by atoms with Crippen molar-refractivity contribution < 1.29 is 37.9 Å². The van der Waals surface area contributed by atoms with Crippen LogP contribution in [0.25, 0.3) is 21.5 Å². The molecule has 8 heteroatoms. The fourth-order valence-electron chi connectivity index (χ4n) is 5.16. The monoisotopic (exact) mass is 556 g/mol. The number of fused-ring (bicyclic) bond motifs is 2. The van der Waals surface area contributed by atoms with Gasteiger partial charge in [0.05, 0.1) is 33.0 Å². The van der Waals surface area contributed by atoms with Gasteiger partial charge in [-0.2, -0.15) is 0 Å². The Hall–Kier alpha value is -3.56. The Kier molecular flexibility index (Phi) is 6.56. The van der Waals surface area contributed by atoms with Crippen LogP contribution in [-0.2, 0) is 25.4 Å². The SMILES string of the molecule is c1cc2ccc(OCC3CO3)c(Cc3c(OC4COC4)ccc4ccc(OCC5CO5)cc34)c2cc1OCC1CO1. The molecule has 41 heavy (non-hydrogen) atoms. The zero-order valence-electron chi connectivity index (χ0n) is 22.7. The molecule has 0 saturated carbocycles. The Morgan fingerprint density at radius 2 is 1.05 bits per heavy atom. The van der Waals surface area contributed by atoms with Crippen molar-refractivity contribution in [1.29, 1.82) is 0 Å². The van der Waals surface area contributed by atoms with E-state index in [1.54, 1.807) is 0 Å². The molecule has 0 radical (unpaired) electrons. The van der Waals surface area contributed by atoms with Gasteiger partial charge >= 0.3 is 0 Å². The molecule has 4 aliphatic rings. The maximum absolute atomic E-state index is 6.48. The van der Waals surface area contributed by atoms with Crippen LogP contribution in [0, 0.1) is 0 Å². The van der Waals surface area contributed by atoms with Crippen molar-refractivity contribution in [3.05, 3.63) is 71.8 Å². The Morgan fingerprint density at radius 3 is 1.56 bits per heavy atom. The molecule has 0 aromatic heterocycles. The van der Waals surface area contributed by atoms with Crippen molar-refractivity contribution in [2.75, 3.05) is 52.9 Å². The van der Waals surface area contributed by atoms with Crippen molar-refractivity contribution >= 4 is 21.5 Å². The van der Waals surface area contributed by atoms with Crippen LogP contribution in [0.2, 0.25) is 0 Å². The van der Waals surface area contributed by atoms with Crippen LogP contribution in [0.4, 0.5) is 0 Å². The molecule has 4 fully saturated rings. The minimum Gasteiger partial charge on any atom is -0.491 e. The highest BCUT2D eigenvalue weighted by Gasteiger charge is 2.27. The van der Waals surface area contributed by atoms with Gasteiger partial charge < -0.3 is 37.9 Å². The van der Waals surface area contributed by atoms with Gasteiger partial charge in [-0.3, -0.25) is 0 Å². The summed E-state index contributed by atoms with van der Waals surface area (Å²) in [7, 11) is 0. The second kappa shape index (κ2) is 10.7. The van der Waals surface area contributed by atoms with Crippen molar-refractivity contribution in [2.45, 2.75) is 30.8 Å². The summed E-state index contributed by atoms with van der Waals surface area (Å²) in [4.78, 5) is 0. The third-order valence-electron chi connectivity index (χ3n) is 7.88. The standard InChI is InChI=1S/C33H32O8/c1-5-22(35-14-24-16-37-24)9-28-20(1)3-7-32(40-19-26-18-39-26)30(28)11-31-29-10-23(36-15-25-17-38-25)6-2-21(29)4-8-33(31)41-27-12-34-13-27/h1-10,24-27H,11-19H2. The maximum atomic E-state index is 6.48. The zero-order chi connectivity index (χ0) is 27.2. The molecule has 0 amide bonds. The Balaban J connectivity index is 1.22. The molecule has 3 unspecified atom stereocenters. The van der Waals surface area contributed by atoms with Crippen LogP contribution >= 0.6 is 0 Å². The van der Waals surface area contributed by atoms with Gasteiger partial charge in [0.1, 0.15) is 67.2 Å². The largest absolute Gasteiger partial charge is 0.491 e. The molecule has 212 valence electrons. The lowest BCUT2D eigenvalue weighted by Gasteiger charge is -2.28. The lowest BCUT2D eigenvalue weighted by Crippen LogP contribution is -2.38. The molecule has 4 aliphatic heterocycles. The number of benzene rings is 4. The van der Waals surface area contributed by atoms with E-state index in [1.165, 1.54) is 0 Å². The normalized spacial score (nSPS) is 22.8. The fourth-order valence-corrected chi connectivity index (χ4v) is 5.16. The van der Waals surface area contributed by atoms with E-state index in [1.807, 2.05) is 12.1 Å². The van der Waals surface area contributed by atoms with E-state index in [-0.39, 0.29) is 24.4 Å². The van der Waals surface area contributed by atoms with Gasteiger partial charge in [0.2, 0.25) is 0 Å². The van der Waals surface area contributed by atoms with E-state index >= 15 is 0 Å². The second-order valence-electron chi connectivity index (χ2n) is 11.1. The molecular weight excluding hydrogens is 524 g/mol. The van der Waals surface area contributed by atoms with E-state index < -0.39 is 0 Å². The number of epoxide rings is 3. The number of rotatable bonds is 13. The van der Waals surface area contributed by atoms with E-state index in [4.69, 9.17) is 37.9 Å². The molecule has 4 aromatic rings. The third-order valence-corrected chi connectivity index (χ3v) is 7.88. The van der Waals surface area contributed by atoms with Gasteiger partial charge in [0.25, 0.3) is 0 Å². The Morgan fingerprint density at radius 1 is 0.561 bits per heavy atom. The van der Waals surface area contributed by atoms with Gasteiger partial charge in [0, 0.05) is 17.5 Å². The Bertz CT molecular complexity index is 1560. The van der Waals surface area contributed by atoms with E-state index in [0.29, 0.717) is 39.5 Å². The lowest BCUT2D eigenvalue weighted by molar-refractivity contribution is -0.0799. The van der Waals surface area contributed by atoms with Crippen molar-refractivity contribution in [3.8, 4) is 23.0 Å². The first kappa shape index (κ1) is 25.2. The summed E-state index contributed by atoms with van der Waals surface area (Å²) in [6, 6.07) is 20.8. The first-order valence-corrected chi connectivity index (χ1v) is 14.3. The molecule has 4 heterocycles. The van der Waals surface area contributed by atoms with Crippen molar-refractivity contribution in [1.82, 2.24) is 0 Å². The van der Waals surface area contributed by atoms with E-state index in [2.05, 4.69) is 48.5 Å². The first-order valence-electron chi connectivity index (χ1n) is 14.3. The summed E-state index contributed by atoms with van der Waals surface area (Å²) >= 11 is 0. The van der Waals surface area contributed by atoms with Gasteiger partial charge in [-0.1, -0.05) is 24.3 Å². The van der Waals surface area contributed by atoms with Crippen LogP contribution in [0.5, 0.6) is 23.0 Å². The Labute approximate surface area is 237 Å². The third kappa shape index (κ3) is 5.78. The minimum atomic E-state index is 0.0394. The topological polar surface area (TPSA) is 83.7 Å². The van der Waals surface area contributed by atoms with Crippen LogP contribution < -0.4 is 18.9 Å². The molecule has 8 nitrogen and oxygen atoms in total. The van der Waals surface area contributed by atoms with Crippen LogP contribution in [0.15, 0.2) is 60.7 Å². The van der Waals surface area contributed by atoms with Crippen LogP contribution in [0.1, 0.15) is 11.1 Å². The molecule has 0 bridgehead atoms. The summed E-state index contributed by atoms with van der Waals surface area (Å²) in [6.07, 6.45) is 1.16. The van der Waals surface area contributed by atoms with Crippen LogP contribution in [-0.4, -0.2) is 77.3 Å². The highest BCUT2D eigenvalue weighted by Crippen LogP contribution is 2.39. The molecule has 3 atom stereocenters. The average molecular weight is 557 g/mol. The van der Waals surface area contributed by atoms with Crippen LogP contribution in [0.3, 0.4) is 0 Å². The highest BCUT2D eigenvalue weighted by atomic mass is 16.6. The van der Waals surface area contributed by atoms with E-state index in [9.17, 15) is 0 Å². The van der Waals surface area contributed by atoms with E-state index in [0.717, 1.165) is 75.5 Å². The molecule has 4 aromatic carbocycles. The predicted octanol–water partition coefficient (Wildman–Crippen LogP) is 4.69. The minimum absolute atomic E-state index is 0.0394. The van der Waals surface area contributed by atoms with Gasteiger partial charge in [-0.25, -0.2) is 0 Å². The summed E-state index contributed by atoms with van der Waals surface area (Å²) in [5.41, 5.74) is 2.16. The molecule has 0 spiro atoms. The zero-order valence-corrected chi connectivity index (χ0v) is 22.7. The molecule has 0 aliphatic carbocycles. The van der Waals surface area contributed by atoms with Crippen molar-refractivity contribution in [2.24, 2.45) is 0 Å². The molecule has 4 saturated heterocycles. The number of hydrogen-bond acceptors (Lipinski definition) is 8. The van der Waals surface area contributed by atoms with Gasteiger partial charge in [-0.15, -0.1) is 0 Å². The van der Waals surface area contributed by atoms with Gasteiger partial charge in [0.15, 0.2) is 0 Å². The fraction of sp³-hybridized carbons (Fsp3) is 0.394. The summed E-state index contributed by atoms with van der Waals surface area (Å²) in [5, 5.41) is 4.41. The quantitative estimate of drug-likeness (QED) is 0.219. The summed E-state index contributed by atoms with van der Waals surface area (Å²) in [5.74, 6) is 3.32. The molecule has 0 N–H and O–H groups in total. The molecular formula is C33H32O8. The van der Waals surface area contributed by atoms with Crippen molar-refractivity contribution in [3.63, 3.8) is 0 Å². The number of hydrogen-bond donors (Lipinski definition) is 0.